The Kier molecular flexibility index (Phi) is 3.92. The van der Waals surface area contributed by atoms with Gasteiger partial charge in [0.05, 0.1) is 18.0 Å². The van der Waals surface area contributed by atoms with Crippen LogP contribution < -0.4 is 0 Å². The predicted octanol–water partition coefficient (Wildman–Crippen LogP) is 2.08. The molecule has 0 bridgehead atoms. The maximum absolute atomic E-state index is 13.0. The van der Waals surface area contributed by atoms with Crippen LogP contribution in [0.4, 0.5) is 13.2 Å². The van der Waals surface area contributed by atoms with Gasteiger partial charge < -0.3 is 5.11 Å². The lowest BCUT2D eigenvalue weighted by molar-refractivity contribution is -0.141. The molecule has 0 aliphatic rings. The van der Waals surface area contributed by atoms with Gasteiger partial charge in [-0.05, 0) is 16.5 Å². The second-order valence-electron chi connectivity index (χ2n) is 4.47. The number of aliphatic carboxylic acids is 1. The third kappa shape index (κ3) is 3.18. The normalized spacial score (nSPS) is 13.1. The number of carboxylic acid groups (broad SMARTS) is 1. The molecular weight excluding hydrogens is 289 g/mol. The molecule has 0 spiro atoms. The molecule has 2 aromatic rings. The van der Waals surface area contributed by atoms with Crippen LogP contribution >= 0.6 is 0 Å². The number of carboxylic acids is 1. The first-order chi connectivity index (χ1) is 9.80. The van der Waals surface area contributed by atoms with Gasteiger partial charge in [-0.2, -0.15) is 13.2 Å². The summed E-state index contributed by atoms with van der Waals surface area (Å²) < 4.78 is 40.0. The summed E-state index contributed by atoms with van der Waals surface area (Å²) in [6.45, 7) is 1.30. The van der Waals surface area contributed by atoms with Gasteiger partial charge in [-0.25, -0.2) is 4.68 Å². The molecule has 1 unspecified atom stereocenters. The zero-order valence-corrected chi connectivity index (χ0v) is 10.9. The number of aromatic nitrogens is 4. The Morgan fingerprint density at radius 1 is 1.38 bits per heavy atom. The van der Waals surface area contributed by atoms with Gasteiger partial charge in [0, 0.05) is 5.56 Å². The van der Waals surface area contributed by atoms with E-state index in [2.05, 4.69) is 15.5 Å². The zero-order chi connectivity index (χ0) is 15.6. The standard InChI is InChI=1S/C12H11F3N4O2/c1-7(11(20)21)6-19-10(16-17-18-19)8-4-2-3-5-9(8)12(13,14)15/h2-5,7H,6H2,1H3,(H,20,21). The molecule has 1 aromatic carbocycles. The highest BCUT2D eigenvalue weighted by Crippen LogP contribution is 2.36. The second-order valence-corrected chi connectivity index (χ2v) is 4.47. The van der Waals surface area contributed by atoms with Gasteiger partial charge >= 0.3 is 12.1 Å². The first-order valence-electron chi connectivity index (χ1n) is 5.96. The van der Waals surface area contributed by atoms with E-state index in [4.69, 9.17) is 5.11 Å². The smallest absolute Gasteiger partial charge is 0.417 e. The van der Waals surface area contributed by atoms with Crippen molar-refractivity contribution in [2.75, 3.05) is 0 Å². The molecule has 1 aromatic heterocycles. The summed E-state index contributed by atoms with van der Waals surface area (Å²) in [6, 6.07) is 4.87. The van der Waals surface area contributed by atoms with Crippen molar-refractivity contribution in [3.63, 3.8) is 0 Å². The number of tetrazole rings is 1. The van der Waals surface area contributed by atoms with E-state index in [-0.39, 0.29) is 17.9 Å². The Labute approximate surface area is 117 Å². The number of halogens is 3. The van der Waals surface area contributed by atoms with Gasteiger partial charge in [-0.1, -0.05) is 25.1 Å². The van der Waals surface area contributed by atoms with Gasteiger partial charge in [-0.15, -0.1) is 5.10 Å². The topological polar surface area (TPSA) is 80.9 Å². The molecule has 0 amide bonds. The van der Waals surface area contributed by atoms with E-state index in [0.717, 1.165) is 10.7 Å². The number of alkyl halides is 3. The van der Waals surface area contributed by atoms with Crippen LogP contribution in [0.3, 0.4) is 0 Å². The van der Waals surface area contributed by atoms with E-state index in [9.17, 15) is 18.0 Å². The predicted molar refractivity (Wildman–Crippen MR) is 65.1 cm³/mol. The Morgan fingerprint density at radius 3 is 2.67 bits per heavy atom. The maximum Gasteiger partial charge on any atom is 0.417 e. The van der Waals surface area contributed by atoms with Crippen molar-refractivity contribution in [3.05, 3.63) is 29.8 Å². The molecule has 0 aliphatic heterocycles. The number of hydrogen-bond acceptors (Lipinski definition) is 4. The minimum Gasteiger partial charge on any atom is -0.481 e. The van der Waals surface area contributed by atoms with E-state index >= 15 is 0 Å². The number of hydrogen-bond donors (Lipinski definition) is 1. The summed E-state index contributed by atoms with van der Waals surface area (Å²) in [5, 5.41) is 19.3. The first kappa shape index (κ1) is 14.9. The minimum absolute atomic E-state index is 0.115. The van der Waals surface area contributed by atoms with Crippen LogP contribution in [0.25, 0.3) is 11.4 Å². The quantitative estimate of drug-likeness (QED) is 0.935. The maximum atomic E-state index is 13.0. The van der Waals surface area contributed by atoms with Crippen molar-refractivity contribution < 1.29 is 23.1 Å². The highest BCUT2D eigenvalue weighted by molar-refractivity contribution is 5.69. The molecule has 9 heteroatoms. The summed E-state index contributed by atoms with van der Waals surface area (Å²) >= 11 is 0. The molecule has 1 N–H and O–H groups in total. The van der Waals surface area contributed by atoms with Crippen molar-refractivity contribution >= 4 is 5.97 Å². The molecule has 0 saturated carbocycles. The Bertz CT molecular complexity index is 654. The Morgan fingerprint density at radius 2 is 2.05 bits per heavy atom. The molecule has 1 heterocycles. The highest BCUT2D eigenvalue weighted by Gasteiger charge is 2.34. The van der Waals surface area contributed by atoms with Crippen molar-refractivity contribution in [3.8, 4) is 11.4 Å². The summed E-state index contributed by atoms with van der Waals surface area (Å²) in [5.41, 5.74) is -1.06. The molecule has 112 valence electrons. The van der Waals surface area contributed by atoms with Crippen LogP contribution in [-0.2, 0) is 17.5 Å². The van der Waals surface area contributed by atoms with E-state index < -0.39 is 23.6 Å². The van der Waals surface area contributed by atoms with Gasteiger partial charge in [0.2, 0.25) is 0 Å². The van der Waals surface area contributed by atoms with Gasteiger partial charge in [0.25, 0.3) is 0 Å². The van der Waals surface area contributed by atoms with E-state index in [1.165, 1.54) is 25.1 Å². The Hall–Kier alpha value is -2.45. The number of nitrogens with zero attached hydrogens (tertiary/aromatic N) is 4. The minimum atomic E-state index is -4.55. The van der Waals surface area contributed by atoms with E-state index in [1.54, 1.807) is 0 Å². The van der Waals surface area contributed by atoms with E-state index in [0.29, 0.717) is 0 Å². The number of carbonyl (C=O) groups is 1. The third-order valence-electron chi connectivity index (χ3n) is 2.87. The van der Waals surface area contributed by atoms with E-state index in [1.807, 2.05) is 0 Å². The fourth-order valence-corrected chi connectivity index (χ4v) is 1.78. The van der Waals surface area contributed by atoms with Crippen LogP contribution in [0.2, 0.25) is 0 Å². The van der Waals surface area contributed by atoms with Crippen molar-refractivity contribution in [2.24, 2.45) is 5.92 Å². The lowest BCUT2D eigenvalue weighted by Crippen LogP contribution is -2.19. The van der Waals surface area contributed by atoms with Crippen LogP contribution in [0.15, 0.2) is 24.3 Å². The highest BCUT2D eigenvalue weighted by atomic mass is 19.4. The Balaban J connectivity index is 2.45. The molecule has 0 saturated heterocycles. The average Bonchev–Trinajstić information content (AvgIpc) is 2.85. The monoisotopic (exact) mass is 300 g/mol. The average molecular weight is 300 g/mol. The first-order valence-corrected chi connectivity index (χ1v) is 5.96. The SMILES string of the molecule is CC(Cn1nnnc1-c1ccccc1C(F)(F)F)C(=O)O. The fourth-order valence-electron chi connectivity index (χ4n) is 1.78. The lowest BCUT2D eigenvalue weighted by Gasteiger charge is -2.13. The zero-order valence-electron chi connectivity index (χ0n) is 10.9. The molecule has 1 atom stereocenters. The summed E-state index contributed by atoms with van der Waals surface area (Å²) in [7, 11) is 0. The molecule has 0 fully saturated rings. The number of rotatable bonds is 4. The molecule has 2 rings (SSSR count). The molecule has 0 aliphatic carbocycles. The fraction of sp³-hybridized carbons (Fsp3) is 0.333. The molecule has 0 radical (unpaired) electrons. The number of benzene rings is 1. The molecule has 21 heavy (non-hydrogen) atoms. The van der Waals surface area contributed by atoms with Crippen molar-refractivity contribution in [1.82, 2.24) is 20.2 Å². The van der Waals surface area contributed by atoms with Gasteiger partial charge in [-0.3, -0.25) is 4.79 Å². The van der Waals surface area contributed by atoms with Crippen LogP contribution in [0.1, 0.15) is 12.5 Å². The largest absolute Gasteiger partial charge is 0.481 e. The second kappa shape index (κ2) is 5.51. The third-order valence-corrected chi connectivity index (χ3v) is 2.87. The lowest BCUT2D eigenvalue weighted by atomic mass is 10.1. The summed E-state index contributed by atoms with van der Waals surface area (Å²) in [6.07, 6.45) is -4.55. The van der Waals surface area contributed by atoms with Crippen LogP contribution in [0, 0.1) is 5.92 Å². The van der Waals surface area contributed by atoms with Gasteiger partial charge in [0.15, 0.2) is 5.82 Å². The van der Waals surface area contributed by atoms with Crippen LogP contribution in [0.5, 0.6) is 0 Å². The molecule has 6 nitrogen and oxygen atoms in total. The van der Waals surface area contributed by atoms with Crippen LogP contribution in [-0.4, -0.2) is 31.3 Å². The summed E-state index contributed by atoms with van der Waals surface area (Å²) in [5.74, 6) is -2.03. The van der Waals surface area contributed by atoms with Crippen molar-refractivity contribution in [1.29, 1.82) is 0 Å². The van der Waals surface area contributed by atoms with Gasteiger partial charge in [0.1, 0.15) is 0 Å². The van der Waals surface area contributed by atoms with Crippen molar-refractivity contribution in [2.45, 2.75) is 19.6 Å². The molecular formula is C12H11F3N4O2. The summed E-state index contributed by atoms with van der Waals surface area (Å²) in [4.78, 5) is 10.8.